The van der Waals surface area contributed by atoms with Gasteiger partial charge in [-0.3, -0.25) is 0 Å². The lowest BCUT2D eigenvalue weighted by Gasteiger charge is -2.12. The Morgan fingerprint density at radius 2 is 1.50 bits per heavy atom. The highest BCUT2D eigenvalue weighted by Gasteiger charge is 2.38. The average Bonchev–Trinajstić information content (AvgIpc) is 2.37. The Balaban J connectivity index is 2.58. The molecule has 0 bridgehead atoms. The summed E-state index contributed by atoms with van der Waals surface area (Å²) in [4.78, 5) is 0. The Labute approximate surface area is 111 Å². The van der Waals surface area contributed by atoms with Crippen LogP contribution in [0.2, 0.25) is 0 Å². The Morgan fingerprint density at radius 3 is 2.00 bits per heavy atom. The molecule has 2 aromatic rings. The van der Waals surface area contributed by atoms with Gasteiger partial charge in [-0.25, -0.2) is 8.78 Å². The highest BCUT2D eigenvalue weighted by atomic mass is 19.4. The van der Waals surface area contributed by atoms with Crippen LogP contribution in [0.4, 0.5) is 22.0 Å². The van der Waals surface area contributed by atoms with Crippen molar-refractivity contribution in [2.45, 2.75) is 6.18 Å². The van der Waals surface area contributed by atoms with Crippen molar-refractivity contribution in [3.63, 3.8) is 0 Å². The van der Waals surface area contributed by atoms with Crippen molar-refractivity contribution in [2.75, 3.05) is 7.11 Å². The van der Waals surface area contributed by atoms with E-state index in [9.17, 15) is 22.0 Å². The first-order valence-electron chi connectivity index (χ1n) is 5.54. The van der Waals surface area contributed by atoms with Crippen molar-refractivity contribution in [3.05, 3.63) is 53.6 Å². The number of alkyl halides is 3. The van der Waals surface area contributed by atoms with E-state index in [1.165, 1.54) is 31.4 Å². The summed E-state index contributed by atoms with van der Waals surface area (Å²) in [5.74, 6) is -2.78. The monoisotopic (exact) mass is 288 g/mol. The molecule has 1 nitrogen and oxygen atoms in total. The Kier molecular flexibility index (Phi) is 3.65. The van der Waals surface area contributed by atoms with Crippen LogP contribution in [0.5, 0.6) is 5.75 Å². The smallest absolute Gasteiger partial charge is 0.422 e. The molecular formula is C14H9F5O. The number of methoxy groups -OCH3 is 1. The van der Waals surface area contributed by atoms with Crippen LogP contribution in [-0.4, -0.2) is 7.11 Å². The SMILES string of the molecule is COc1ccc(-c2ccc(F)c(C(F)(F)F)c2F)cc1. The molecular weight excluding hydrogens is 279 g/mol. The van der Waals surface area contributed by atoms with Crippen LogP contribution in [-0.2, 0) is 6.18 Å². The molecule has 0 aliphatic heterocycles. The number of hydrogen-bond donors (Lipinski definition) is 0. The van der Waals surface area contributed by atoms with E-state index in [-0.39, 0.29) is 11.1 Å². The highest BCUT2D eigenvalue weighted by molar-refractivity contribution is 5.66. The molecule has 0 spiro atoms. The van der Waals surface area contributed by atoms with Gasteiger partial charge in [0, 0.05) is 5.56 Å². The van der Waals surface area contributed by atoms with E-state index in [2.05, 4.69) is 0 Å². The maximum absolute atomic E-state index is 13.9. The predicted octanol–water partition coefficient (Wildman–Crippen LogP) is 4.66. The van der Waals surface area contributed by atoms with Gasteiger partial charge in [0.1, 0.15) is 22.9 Å². The van der Waals surface area contributed by atoms with E-state index in [0.29, 0.717) is 11.8 Å². The predicted molar refractivity (Wildman–Crippen MR) is 63.3 cm³/mol. The normalized spacial score (nSPS) is 11.5. The third-order valence-electron chi connectivity index (χ3n) is 2.78. The molecule has 0 aliphatic carbocycles. The molecule has 6 heteroatoms. The van der Waals surface area contributed by atoms with Gasteiger partial charge in [-0.2, -0.15) is 13.2 Å². The van der Waals surface area contributed by atoms with Crippen LogP contribution >= 0.6 is 0 Å². The molecule has 2 rings (SSSR count). The molecule has 0 saturated carbocycles. The number of rotatable bonds is 2. The van der Waals surface area contributed by atoms with E-state index >= 15 is 0 Å². The first-order chi connectivity index (χ1) is 9.34. The molecule has 0 aromatic heterocycles. The lowest BCUT2D eigenvalue weighted by atomic mass is 10.0. The number of benzene rings is 2. The summed E-state index contributed by atoms with van der Waals surface area (Å²) in [6.07, 6.45) is -5.09. The largest absolute Gasteiger partial charge is 0.497 e. The molecule has 0 fully saturated rings. The second kappa shape index (κ2) is 5.11. The maximum atomic E-state index is 13.9. The molecule has 0 saturated heterocycles. The van der Waals surface area contributed by atoms with Crippen molar-refractivity contribution in [3.8, 4) is 16.9 Å². The lowest BCUT2D eigenvalue weighted by Crippen LogP contribution is -2.12. The maximum Gasteiger partial charge on any atom is 0.422 e. The van der Waals surface area contributed by atoms with Gasteiger partial charge in [0.15, 0.2) is 0 Å². The van der Waals surface area contributed by atoms with E-state index in [4.69, 9.17) is 4.74 Å². The molecule has 20 heavy (non-hydrogen) atoms. The molecule has 0 aliphatic rings. The fourth-order valence-electron chi connectivity index (χ4n) is 1.81. The molecule has 0 radical (unpaired) electrons. The van der Waals surface area contributed by atoms with E-state index in [1.54, 1.807) is 0 Å². The van der Waals surface area contributed by atoms with Crippen LogP contribution in [0, 0.1) is 11.6 Å². The minimum absolute atomic E-state index is 0.203. The fourth-order valence-corrected chi connectivity index (χ4v) is 1.81. The molecule has 0 N–H and O–H groups in total. The third kappa shape index (κ3) is 2.59. The molecule has 0 atom stereocenters. The molecule has 0 amide bonds. The lowest BCUT2D eigenvalue weighted by molar-refractivity contribution is -0.142. The van der Waals surface area contributed by atoms with Crippen LogP contribution in [0.3, 0.4) is 0 Å². The second-order valence-electron chi connectivity index (χ2n) is 4.01. The van der Waals surface area contributed by atoms with Crippen LogP contribution < -0.4 is 4.74 Å². The highest BCUT2D eigenvalue weighted by Crippen LogP contribution is 2.37. The topological polar surface area (TPSA) is 9.23 Å². The zero-order valence-electron chi connectivity index (χ0n) is 10.3. The summed E-state index contributed by atoms with van der Waals surface area (Å²) in [6.45, 7) is 0. The van der Waals surface area contributed by atoms with Crippen LogP contribution in [0.25, 0.3) is 11.1 Å². The van der Waals surface area contributed by atoms with Crippen molar-refractivity contribution in [1.29, 1.82) is 0 Å². The van der Waals surface area contributed by atoms with Crippen molar-refractivity contribution < 1.29 is 26.7 Å². The minimum atomic E-state index is -5.09. The summed E-state index contributed by atoms with van der Waals surface area (Å²) in [5.41, 5.74) is -2.00. The number of hydrogen-bond acceptors (Lipinski definition) is 1. The van der Waals surface area contributed by atoms with Gasteiger partial charge in [0.25, 0.3) is 0 Å². The molecule has 106 valence electrons. The average molecular weight is 288 g/mol. The Morgan fingerprint density at radius 1 is 0.900 bits per heavy atom. The van der Waals surface area contributed by atoms with Crippen LogP contribution in [0.15, 0.2) is 36.4 Å². The number of halogens is 5. The first kappa shape index (κ1) is 14.3. The zero-order chi connectivity index (χ0) is 14.9. The summed E-state index contributed by atoms with van der Waals surface area (Å²) in [7, 11) is 1.43. The second-order valence-corrected chi connectivity index (χ2v) is 4.01. The Bertz CT molecular complexity index is 617. The van der Waals surface area contributed by atoms with Crippen molar-refractivity contribution in [1.82, 2.24) is 0 Å². The zero-order valence-corrected chi connectivity index (χ0v) is 10.3. The summed E-state index contributed by atoms with van der Waals surface area (Å²) >= 11 is 0. The molecule has 0 unspecified atom stereocenters. The minimum Gasteiger partial charge on any atom is -0.497 e. The van der Waals surface area contributed by atoms with E-state index in [1.807, 2.05) is 0 Å². The van der Waals surface area contributed by atoms with E-state index < -0.39 is 23.4 Å². The van der Waals surface area contributed by atoms with Gasteiger partial charge >= 0.3 is 6.18 Å². The summed E-state index contributed by atoms with van der Waals surface area (Å²) in [6, 6.07) is 7.33. The number of ether oxygens (including phenoxy) is 1. The fraction of sp³-hybridized carbons (Fsp3) is 0.143. The van der Waals surface area contributed by atoms with Gasteiger partial charge in [-0.15, -0.1) is 0 Å². The van der Waals surface area contributed by atoms with Gasteiger partial charge in [0.05, 0.1) is 7.11 Å². The first-order valence-corrected chi connectivity index (χ1v) is 5.54. The van der Waals surface area contributed by atoms with Gasteiger partial charge in [-0.1, -0.05) is 12.1 Å². The summed E-state index contributed by atoms with van der Waals surface area (Å²) < 4.78 is 69.9. The standard InChI is InChI=1S/C14H9F5O/c1-20-9-4-2-8(3-5-9)10-6-7-11(15)12(13(10)16)14(17,18)19/h2-7H,1H3. The van der Waals surface area contributed by atoms with Gasteiger partial charge < -0.3 is 4.74 Å². The quantitative estimate of drug-likeness (QED) is 0.730. The van der Waals surface area contributed by atoms with Gasteiger partial charge in [-0.05, 0) is 29.8 Å². The molecule has 0 heterocycles. The van der Waals surface area contributed by atoms with Gasteiger partial charge in [0.2, 0.25) is 0 Å². The van der Waals surface area contributed by atoms with Crippen LogP contribution in [0.1, 0.15) is 5.56 Å². The Hall–Kier alpha value is -2.11. The molecule has 2 aromatic carbocycles. The van der Waals surface area contributed by atoms with Crippen molar-refractivity contribution in [2.24, 2.45) is 0 Å². The van der Waals surface area contributed by atoms with Crippen molar-refractivity contribution >= 4 is 0 Å². The summed E-state index contributed by atoms with van der Waals surface area (Å²) in [5, 5.41) is 0. The third-order valence-corrected chi connectivity index (χ3v) is 2.78. The van der Waals surface area contributed by atoms with E-state index in [0.717, 1.165) is 6.07 Å².